The van der Waals surface area contributed by atoms with Gasteiger partial charge in [0.1, 0.15) is 0 Å². The third-order valence-corrected chi connectivity index (χ3v) is 4.33. The molecule has 82 valence electrons. The highest BCUT2D eigenvalue weighted by molar-refractivity contribution is 4.90. The Morgan fingerprint density at radius 3 is 2.07 bits per heavy atom. The summed E-state index contributed by atoms with van der Waals surface area (Å²) in [5.41, 5.74) is 0. The molecule has 14 heavy (non-hydrogen) atoms. The van der Waals surface area contributed by atoms with Gasteiger partial charge < -0.3 is 5.32 Å². The van der Waals surface area contributed by atoms with Gasteiger partial charge in [0, 0.05) is 12.1 Å². The molecule has 2 aliphatic carbocycles. The molecular weight excluding hydrogens is 170 g/mol. The maximum Gasteiger partial charge on any atom is 0.0121 e. The summed E-state index contributed by atoms with van der Waals surface area (Å²) in [4.78, 5) is 0. The van der Waals surface area contributed by atoms with Gasteiger partial charge in [-0.2, -0.15) is 0 Å². The van der Waals surface area contributed by atoms with E-state index in [1.807, 2.05) is 0 Å². The number of rotatable bonds is 3. The average Bonchev–Trinajstić information content (AvgIpc) is 2.94. The van der Waals surface area contributed by atoms with E-state index in [0.29, 0.717) is 0 Å². The second-order valence-electron chi connectivity index (χ2n) is 5.70. The van der Waals surface area contributed by atoms with E-state index < -0.39 is 0 Å². The van der Waals surface area contributed by atoms with Crippen molar-refractivity contribution in [1.82, 2.24) is 5.32 Å². The summed E-state index contributed by atoms with van der Waals surface area (Å²) in [6, 6.07) is 1.56. The highest BCUT2D eigenvalue weighted by Crippen LogP contribution is 2.35. The molecule has 2 aliphatic rings. The van der Waals surface area contributed by atoms with E-state index in [2.05, 4.69) is 26.1 Å². The van der Waals surface area contributed by atoms with Crippen LogP contribution in [0.1, 0.15) is 52.9 Å². The van der Waals surface area contributed by atoms with E-state index in [0.717, 1.165) is 29.8 Å². The van der Waals surface area contributed by atoms with Gasteiger partial charge in [0.05, 0.1) is 0 Å². The summed E-state index contributed by atoms with van der Waals surface area (Å²) >= 11 is 0. The van der Waals surface area contributed by atoms with Gasteiger partial charge in [-0.3, -0.25) is 0 Å². The standard InChI is InChI=1S/C13H25N/c1-9-5-4-6-10(2)13(9)14-11(3)12-7-8-12/h9-14H,4-8H2,1-3H3. The summed E-state index contributed by atoms with van der Waals surface area (Å²) < 4.78 is 0. The van der Waals surface area contributed by atoms with Gasteiger partial charge in [0.15, 0.2) is 0 Å². The second-order valence-corrected chi connectivity index (χ2v) is 5.70. The third kappa shape index (κ3) is 2.31. The molecule has 0 aromatic rings. The largest absolute Gasteiger partial charge is 0.311 e. The Morgan fingerprint density at radius 2 is 1.57 bits per heavy atom. The molecule has 2 rings (SSSR count). The topological polar surface area (TPSA) is 12.0 Å². The van der Waals surface area contributed by atoms with Crippen LogP contribution in [0.15, 0.2) is 0 Å². The summed E-state index contributed by atoms with van der Waals surface area (Å²) in [5, 5.41) is 3.88. The molecule has 2 saturated carbocycles. The van der Waals surface area contributed by atoms with Crippen molar-refractivity contribution in [1.29, 1.82) is 0 Å². The minimum Gasteiger partial charge on any atom is -0.311 e. The van der Waals surface area contributed by atoms with Crippen LogP contribution in [0.4, 0.5) is 0 Å². The van der Waals surface area contributed by atoms with Crippen LogP contribution >= 0.6 is 0 Å². The Bertz CT molecular complexity index is 176. The van der Waals surface area contributed by atoms with Crippen LogP contribution in [0.5, 0.6) is 0 Å². The number of nitrogens with one attached hydrogen (secondary N) is 1. The van der Waals surface area contributed by atoms with Crippen LogP contribution in [0.25, 0.3) is 0 Å². The molecule has 0 saturated heterocycles. The molecule has 0 spiro atoms. The van der Waals surface area contributed by atoms with Crippen LogP contribution < -0.4 is 5.32 Å². The van der Waals surface area contributed by atoms with Gasteiger partial charge in [0.2, 0.25) is 0 Å². The van der Waals surface area contributed by atoms with Gasteiger partial charge in [-0.05, 0) is 50.4 Å². The third-order valence-electron chi connectivity index (χ3n) is 4.33. The number of hydrogen-bond acceptors (Lipinski definition) is 1. The Hall–Kier alpha value is -0.0400. The van der Waals surface area contributed by atoms with Crippen molar-refractivity contribution in [3.05, 3.63) is 0 Å². The molecule has 0 aromatic heterocycles. The van der Waals surface area contributed by atoms with Crippen molar-refractivity contribution in [3.63, 3.8) is 0 Å². The monoisotopic (exact) mass is 195 g/mol. The lowest BCUT2D eigenvalue weighted by molar-refractivity contribution is 0.190. The predicted molar refractivity (Wildman–Crippen MR) is 61.3 cm³/mol. The molecular formula is C13H25N. The van der Waals surface area contributed by atoms with E-state index in [9.17, 15) is 0 Å². The molecule has 0 aromatic carbocycles. The maximum absolute atomic E-state index is 3.88. The number of hydrogen-bond donors (Lipinski definition) is 1. The summed E-state index contributed by atoms with van der Waals surface area (Å²) in [6.45, 7) is 7.23. The van der Waals surface area contributed by atoms with Crippen molar-refractivity contribution in [2.45, 2.75) is 65.0 Å². The Morgan fingerprint density at radius 1 is 1.00 bits per heavy atom. The Kier molecular flexibility index (Phi) is 3.16. The highest BCUT2D eigenvalue weighted by Gasteiger charge is 2.33. The zero-order chi connectivity index (χ0) is 10.1. The molecule has 3 unspecified atom stereocenters. The van der Waals surface area contributed by atoms with Gasteiger partial charge in [-0.15, -0.1) is 0 Å². The lowest BCUT2D eigenvalue weighted by Gasteiger charge is -2.37. The second kappa shape index (κ2) is 4.22. The van der Waals surface area contributed by atoms with Crippen molar-refractivity contribution in [3.8, 4) is 0 Å². The van der Waals surface area contributed by atoms with Gasteiger partial charge in [-0.25, -0.2) is 0 Å². The van der Waals surface area contributed by atoms with Gasteiger partial charge >= 0.3 is 0 Å². The average molecular weight is 195 g/mol. The van der Waals surface area contributed by atoms with Crippen LogP contribution in [0.2, 0.25) is 0 Å². The van der Waals surface area contributed by atoms with Crippen LogP contribution in [0, 0.1) is 17.8 Å². The molecule has 0 radical (unpaired) electrons. The van der Waals surface area contributed by atoms with Crippen LogP contribution in [0.3, 0.4) is 0 Å². The predicted octanol–water partition coefficient (Wildman–Crippen LogP) is 3.20. The van der Waals surface area contributed by atoms with E-state index in [1.165, 1.54) is 32.1 Å². The molecule has 0 heterocycles. The minimum atomic E-state index is 0.767. The first-order valence-corrected chi connectivity index (χ1v) is 6.44. The molecule has 0 aliphatic heterocycles. The van der Waals surface area contributed by atoms with Crippen LogP contribution in [-0.2, 0) is 0 Å². The zero-order valence-electron chi connectivity index (χ0n) is 9.92. The molecule has 3 atom stereocenters. The highest BCUT2D eigenvalue weighted by atomic mass is 15.0. The van der Waals surface area contributed by atoms with Crippen molar-refractivity contribution >= 4 is 0 Å². The van der Waals surface area contributed by atoms with E-state index in [4.69, 9.17) is 0 Å². The molecule has 0 bridgehead atoms. The first kappa shape index (κ1) is 10.5. The molecule has 0 amide bonds. The SMILES string of the molecule is CC1CCCC(C)C1NC(C)C1CC1. The van der Waals surface area contributed by atoms with Gasteiger partial charge in [-0.1, -0.05) is 20.3 Å². The Balaban J connectivity index is 1.86. The fraction of sp³-hybridized carbons (Fsp3) is 1.00. The Labute approximate surface area is 88.7 Å². The van der Waals surface area contributed by atoms with Crippen molar-refractivity contribution in [2.75, 3.05) is 0 Å². The first-order valence-electron chi connectivity index (χ1n) is 6.44. The molecule has 1 nitrogen and oxygen atoms in total. The fourth-order valence-corrected chi connectivity index (χ4v) is 3.05. The minimum absolute atomic E-state index is 0.767. The molecule has 1 N–H and O–H groups in total. The summed E-state index contributed by atoms with van der Waals surface area (Å²) in [5.74, 6) is 2.77. The van der Waals surface area contributed by atoms with E-state index in [1.54, 1.807) is 0 Å². The fourth-order valence-electron chi connectivity index (χ4n) is 3.05. The first-order chi connectivity index (χ1) is 6.68. The lowest BCUT2D eigenvalue weighted by Crippen LogP contribution is -2.47. The van der Waals surface area contributed by atoms with Crippen molar-refractivity contribution in [2.24, 2.45) is 17.8 Å². The van der Waals surface area contributed by atoms with E-state index >= 15 is 0 Å². The smallest absolute Gasteiger partial charge is 0.0121 e. The quantitative estimate of drug-likeness (QED) is 0.729. The molecule has 1 heteroatoms. The van der Waals surface area contributed by atoms with Gasteiger partial charge in [0.25, 0.3) is 0 Å². The van der Waals surface area contributed by atoms with E-state index in [-0.39, 0.29) is 0 Å². The maximum atomic E-state index is 3.88. The lowest BCUT2D eigenvalue weighted by atomic mass is 9.78. The van der Waals surface area contributed by atoms with Crippen molar-refractivity contribution < 1.29 is 0 Å². The zero-order valence-corrected chi connectivity index (χ0v) is 9.92. The summed E-state index contributed by atoms with van der Waals surface area (Å²) in [7, 11) is 0. The van der Waals surface area contributed by atoms with Crippen LogP contribution in [-0.4, -0.2) is 12.1 Å². The summed E-state index contributed by atoms with van der Waals surface area (Å²) in [6.07, 6.45) is 7.23. The normalized spacial score (nSPS) is 40.9. The molecule has 2 fully saturated rings.